The minimum Gasteiger partial charge on any atom is -0.493 e. The molecule has 1 aliphatic carbocycles. The largest absolute Gasteiger partial charge is 0.493 e. The molecule has 0 heterocycles. The normalized spacial score (nSPS) is 22.1. The van der Waals surface area contributed by atoms with Crippen molar-refractivity contribution in [3.8, 4) is 11.5 Å². The van der Waals surface area contributed by atoms with Crippen molar-refractivity contribution in [2.45, 2.75) is 38.6 Å². The van der Waals surface area contributed by atoms with Crippen LogP contribution in [0.2, 0.25) is 0 Å². The third-order valence-electron chi connectivity index (χ3n) is 4.00. The van der Waals surface area contributed by atoms with E-state index in [0.29, 0.717) is 23.1 Å². The lowest BCUT2D eigenvalue weighted by atomic mass is 9.87. The van der Waals surface area contributed by atoms with Crippen LogP contribution >= 0.6 is 0 Å². The van der Waals surface area contributed by atoms with E-state index in [1.807, 2.05) is 0 Å². The smallest absolute Gasteiger partial charge is 0.251 e. The van der Waals surface area contributed by atoms with Crippen LogP contribution in [0.15, 0.2) is 18.2 Å². The molecule has 4 nitrogen and oxygen atoms in total. The summed E-state index contributed by atoms with van der Waals surface area (Å²) in [4.78, 5) is 12.3. The molecule has 0 spiro atoms. The summed E-state index contributed by atoms with van der Waals surface area (Å²) in [6.07, 6.45) is 4.52. The molecule has 1 saturated carbocycles. The van der Waals surface area contributed by atoms with Crippen LogP contribution in [0.5, 0.6) is 11.5 Å². The van der Waals surface area contributed by atoms with Crippen molar-refractivity contribution in [2.75, 3.05) is 14.2 Å². The van der Waals surface area contributed by atoms with E-state index >= 15 is 0 Å². The Balaban J connectivity index is 2.02. The zero-order chi connectivity index (χ0) is 14.5. The van der Waals surface area contributed by atoms with Gasteiger partial charge >= 0.3 is 0 Å². The molecular formula is C16H23NO3. The molecule has 4 heteroatoms. The Bertz CT molecular complexity index is 465. The van der Waals surface area contributed by atoms with Gasteiger partial charge in [-0.05, 0) is 49.8 Å². The van der Waals surface area contributed by atoms with E-state index in [2.05, 4.69) is 12.2 Å². The first-order valence-corrected chi connectivity index (χ1v) is 7.17. The van der Waals surface area contributed by atoms with Crippen LogP contribution in [-0.2, 0) is 0 Å². The lowest BCUT2D eigenvalue weighted by Crippen LogP contribution is -2.37. The van der Waals surface area contributed by atoms with Crippen molar-refractivity contribution in [1.29, 1.82) is 0 Å². The van der Waals surface area contributed by atoms with Crippen molar-refractivity contribution < 1.29 is 14.3 Å². The summed E-state index contributed by atoms with van der Waals surface area (Å²) in [7, 11) is 3.16. The highest BCUT2D eigenvalue weighted by atomic mass is 16.5. The number of hydrogen-bond donors (Lipinski definition) is 1. The monoisotopic (exact) mass is 277 g/mol. The Kier molecular flexibility index (Phi) is 4.88. The second kappa shape index (κ2) is 6.64. The fraction of sp³-hybridized carbons (Fsp3) is 0.562. The van der Waals surface area contributed by atoms with Crippen LogP contribution in [0.25, 0.3) is 0 Å². The van der Waals surface area contributed by atoms with Crippen molar-refractivity contribution in [2.24, 2.45) is 5.92 Å². The predicted octanol–water partition coefficient (Wildman–Crippen LogP) is 3.01. The number of ether oxygens (including phenoxy) is 2. The summed E-state index contributed by atoms with van der Waals surface area (Å²) < 4.78 is 10.4. The molecule has 0 aliphatic heterocycles. The van der Waals surface area contributed by atoms with Gasteiger partial charge in [0.2, 0.25) is 0 Å². The van der Waals surface area contributed by atoms with Gasteiger partial charge in [0.25, 0.3) is 5.91 Å². The third kappa shape index (κ3) is 3.44. The minimum absolute atomic E-state index is 0.0366. The quantitative estimate of drug-likeness (QED) is 0.920. The van der Waals surface area contributed by atoms with E-state index in [1.165, 1.54) is 12.8 Å². The Hall–Kier alpha value is -1.71. The molecule has 20 heavy (non-hydrogen) atoms. The van der Waals surface area contributed by atoms with Gasteiger partial charge in [0.05, 0.1) is 14.2 Å². The number of rotatable bonds is 4. The van der Waals surface area contributed by atoms with Gasteiger partial charge in [-0.2, -0.15) is 0 Å². The van der Waals surface area contributed by atoms with E-state index in [0.717, 1.165) is 18.8 Å². The zero-order valence-electron chi connectivity index (χ0n) is 12.4. The summed E-state index contributed by atoms with van der Waals surface area (Å²) in [5, 5.41) is 3.11. The fourth-order valence-electron chi connectivity index (χ4n) is 2.65. The maximum Gasteiger partial charge on any atom is 0.251 e. The van der Waals surface area contributed by atoms with Crippen LogP contribution in [-0.4, -0.2) is 26.2 Å². The van der Waals surface area contributed by atoms with E-state index < -0.39 is 0 Å². The highest BCUT2D eigenvalue weighted by Gasteiger charge is 2.20. The lowest BCUT2D eigenvalue weighted by Gasteiger charge is -2.27. The van der Waals surface area contributed by atoms with Crippen LogP contribution in [0, 0.1) is 5.92 Å². The molecule has 0 saturated heterocycles. The van der Waals surface area contributed by atoms with Gasteiger partial charge in [-0.1, -0.05) is 6.92 Å². The summed E-state index contributed by atoms with van der Waals surface area (Å²) >= 11 is 0. The second-order valence-electron chi connectivity index (χ2n) is 5.50. The Morgan fingerprint density at radius 1 is 1.10 bits per heavy atom. The molecule has 0 unspecified atom stereocenters. The number of nitrogens with one attached hydrogen (secondary N) is 1. The molecule has 0 atom stereocenters. The first kappa shape index (κ1) is 14.7. The van der Waals surface area contributed by atoms with Crippen LogP contribution in [0.3, 0.4) is 0 Å². The molecule has 1 fully saturated rings. The topological polar surface area (TPSA) is 47.6 Å². The van der Waals surface area contributed by atoms with E-state index in [4.69, 9.17) is 9.47 Å². The first-order chi connectivity index (χ1) is 9.63. The van der Waals surface area contributed by atoms with Gasteiger partial charge in [0.1, 0.15) is 0 Å². The molecule has 1 aromatic carbocycles. The van der Waals surface area contributed by atoms with Gasteiger partial charge in [-0.25, -0.2) is 0 Å². The van der Waals surface area contributed by atoms with Gasteiger partial charge < -0.3 is 14.8 Å². The third-order valence-corrected chi connectivity index (χ3v) is 4.00. The average Bonchev–Trinajstić information content (AvgIpc) is 2.48. The summed E-state index contributed by atoms with van der Waals surface area (Å²) in [6.45, 7) is 2.27. The zero-order valence-corrected chi connectivity index (χ0v) is 12.4. The number of carbonyl (C=O) groups is 1. The molecule has 1 aliphatic rings. The van der Waals surface area contributed by atoms with Crippen LogP contribution in [0.4, 0.5) is 0 Å². The molecule has 1 aromatic rings. The van der Waals surface area contributed by atoms with Crippen molar-refractivity contribution in [3.63, 3.8) is 0 Å². The average molecular weight is 277 g/mol. The molecular weight excluding hydrogens is 254 g/mol. The maximum absolute atomic E-state index is 12.3. The molecule has 1 amide bonds. The molecule has 2 rings (SSSR count). The second-order valence-corrected chi connectivity index (χ2v) is 5.50. The van der Waals surface area contributed by atoms with E-state index in [1.54, 1.807) is 32.4 Å². The van der Waals surface area contributed by atoms with Crippen molar-refractivity contribution in [1.82, 2.24) is 5.32 Å². The minimum atomic E-state index is -0.0366. The lowest BCUT2D eigenvalue weighted by molar-refractivity contribution is 0.0922. The van der Waals surface area contributed by atoms with Crippen LogP contribution in [0.1, 0.15) is 43.0 Å². The molecule has 1 N–H and O–H groups in total. The van der Waals surface area contributed by atoms with Gasteiger partial charge in [0.15, 0.2) is 11.5 Å². The van der Waals surface area contributed by atoms with E-state index in [-0.39, 0.29) is 5.91 Å². The highest BCUT2D eigenvalue weighted by Crippen LogP contribution is 2.28. The molecule has 0 aromatic heterocycles. The Morgan fingerprint density at radius 2 is 1.75 bits per heavy atom. The fourth-order valence-corrected chi connectivity index (χ4v) is 2.65. The SMILES string of the molecule is COc1ccc(C(=O)NC2CCC(C)CC2)cc1OC. The van der Waals surface area contributed by atoms with Crippen molar-refractivity contribution in [3.05, 3.63) is 23.8 Å². The maximum atomic E-state index is 12.3. The summed E-state index contributed by atoms with van der Waals surface area (Å²) in [6, 6.07) is 5.55. The predicted molar refractivity (Wildman–Crippen MR) is 78.4 cm³/mol. The standard InChI is InChI=1S/C16H23NO3/c1-11-4-7-13(8-5-11)17-16(18)12-6-9-14(19-2)15(10-12)20-3/h6,9-11,13H,4-5,7-8H2,1-3H3,(H,17,18). The van der Waals surface area contributed by atoms with Gasteiger partial charge in [0, 0.05) is 11.6 Å². The summed E-state index contributed by atoms with van der Waals surface area (Å²) in [5.41, 5.74) is 0.612. The number of methoxy groups -OCH3 is 2. The van der Waals surface area contributed by atoms with Crippen LogP contribution < -0.4 is 14.8 Å². The van der Waals surface area contributed by atoms with Crippen molar-refractivity contribution >= 4 is 5.91 Å². The van der Waals surface area contributed by atoms with Gasteiger partial charge in [-0.15, -0.1) is 0 Å². The number of carbonyl (C=O) groups excluding carboxylic acids is 1. The highest BCUT2D eigenvalue weighted by molar-refractivity contribution is 5.95. The Labute approximate surface area is 120 Å². The number of amides is 1. The van der Waals surface area contributed by atoms with E-state index in [9.17, 15) is 4.79 Å². The number of hydrogen-bond acceptors (Lipinski definition) is 3. The molecule has 110 valence electrons. The first-order valence-electron chi connectivity index (χ1n) is 7.17. The number of benzene rings is 1. The Morgan fingerprint density at radius 3 is 2.35 bits per heavy atom. The molecule has 0 radical (unpaired) electrons. The van der Waals surface area contributed by atoms with Gasteiger partial charge in [-0.3, -0.25) is 4.79 Å². The molecule has 0 bridgehead atoms. The summed E-state index contributed by atoms with van der Waals surface area (Å²) in [5.74, 6) is 1.96.